The highest BCUT2D eigenvalue weighted by Crippen LogP contribution is 2.13. The van der Waals surface area contributed by atoms with Gasteiger partial charge >= 0.3 is 0 Å². The van der Waals surface area contributed by atoms with Crippen LogP contribution in [0, 0.1) is 0 Å². The molecule has 0 bridgehead atoms. The molecule has 0 unspecified atom stereocenters. The van der Waals surface area contributed by atoms with Crippen LogP contribution in [-0.4, -0.2) is 39.8 Å². The van der Waals surface area contributed by atoms with Gasteiger partial charge in [0.25, 0.3) is 5.91 Å². The molecule has 8 heteroatoms. The number of nitrogens with zero attached hydrogens (tertiary/aromatic N) is 2. The van der Waals surface area contributed by atoms with Crippen molar-refractivity contribution in [3.05, 3.63) is 36.2 Å². The maximum absolute atomic E-state index is 11.8. The molecule has 1 heterocycles. The molecule has 1 aromatic heterocycles. The number of carbonyl (C=O) groups excluding carboxylic acids is 2. The Labute approximate surface area is 119 Å². The highest BCUT2D eigenvalue weighted by molar-refractivity contribution is 7.99. The lowest BCUT2D eigenvalue weighted by atomic mass is 10.2. The van der Waals surface area contributed by atoms with Gasteiger partial charge in [0.1, 0.15) is 6.33 Å². The summed E-state index contributed by atoms with van der Waals surface area (Å²) in [6.45, 7) is 0. The Morgan fingerprint density at radius 3 is 2.95 bits per heavy atom. The summed E-state index contributed by atoms with van der Waals surface area (Å²) in [6, 6.07) is 6.74. The van der Waals surface area contributed by atoms with Gasteiger partial charge < -0.3 is 10.6 Å². The van der Waals surface area contributed by atoms with Crippen LogP contribution >= 0.6 is 11.8 Å². The van der Waals surface area contributed by atoms with Gasteiger partial charge in [0.15, 0.2) is 5.16 Å². The molecule has 1 aromatic carbocycles. The van der Waals surface area contributed by atoms with Crippen LogP contribution < -0.4 is 10.6 Å². The van der Waals surface area contributed by atoms with Crippen LogP contribution in [0.4, 0.5) is 5.69 Å². The van der Waals surface area contributed by atoms with E-state index in [9.17, 15) is 9.59 Å². The van der Waals surface area contributed by atoms with Crippen molar-refractivity contribution in [3.8, 4) is 0 Å². The van der Waals surface area contributed by atoms with Crippen LogP contribution in [0.2, 0.25) is 0 Å². The van der Waals surface area contributed by atoms with Gasteiger partial charge in [-0.15, -0.1) is 0 Å². The first kappa shape index (κ1) is 14.1. The van der Waals surface area contributed by atoms with Crippen LogP contribution in [0.1, 0.15) is 10.4 Å². The van der Waals surface area contributed by atoms with Gasteiger partial charge in [0, 0.05) is 18.3 Å². The predicted molar refractivity (Wildman–Crippen MR) is 75.6 cm³/mol. The lowest BCUT2D eigenvalue weighted by Crippen LogP contribution is -2.19. The van der Waals surface area contributed by atoms with Crippen LogP contribution in [0.3, 0.4) is 0 Å². The molecule has 0 aliphatic carbocycles. The van der Waals surface area contributed by atoms with E-state index in [1.165, 1.54) is 18.1 Å². The first-order valence-corrected chi connectivity index (χ1v) is 6.78. The van der Waals surface area contributed by atoms with Gasteiger partial charge in [-0.2, -0.15) is 5.10 Å². The van der Waals surface area contributed by atoms with Crippen molar-refractivity contribution in [2.45, 2.75) is 5.16 Å². The maximum atomic E-state index is 11.8. The number of thioether (sulfide) groups is 1. The molecular formula is C12H13N5O2S. The van der Waals surface area contributed by atoms with E-state index in [0.29, 0.717) is 16.4 Å². The Bertz CT molecular complexity index is 600. The lowest BCUT2D eigenvalue weighted by Gasteiger charge is -2.06. The van der Waals surface area contributed by atoms with Gasteiger partial charge in [-0.05, 0) is 18.2 Å². The smallest absolute Gasteiger partial charge is 0.251 e. The van der Waals surface area contributed by atoms with Crippen molar-refractivity contribution in [1.29, 1.82) is 0 Å². The van der Waals surface area contributed by atoms with Crippen molar-refractivity contribution < 1.29 is 9.59 Å². The summed E-state index contributed by atoms with van der Waals surface area (Å²) in [5.74, 6) is -0.169. The van der Waals surface area contributed by atoms with E-state index < -0.39 is 0 Å². The molecule has 2 amide bonds. The molecule has 0 radical (unpaired) electrons. The first-order valence-electron chi connectivity index (χ1n) is 5.79. The number of rotatable bonds is 5. The quantitative estimate of drug-likeness (QED) is 0.711. The van der Waals surface area contributed by atoms with Crippen molar-refractivity contribution in [1.82, 2.24) is 20.5 Å². The van der Waals surface area contributed by atoms with E-state index in [0.717, 1.165) is 0 Å². The topological polar surface area (TPSA) is 99.8 Å². The third-order valence-electron chi connectivity index (χ3n) is 2.37. The fourth-order valence-electron chi connectivity index (χ4n) is 1.48. The summed E-state index contributed by atoms with van der Waals surface area (Å²) >= 11 is 1.25. The highest BCUT2D eigenvalue weighted by atomic mass is 32.2. The minimum Gasteiger partial charge on any atom is -0.355 e. The number of benzene rings is 1. The van der Waals surface area contributed by atoms with Gasteiger partial charge in [0.05, 0.1) is 5.75 Å². The lowest BCUT2D eigenvalue weighted by molar-refractivity contribution is -0.113. The molecule has 0 atom stereocenters. The summed E-state index contributed by atoms with van der Waals surface area (Å²) in [5.41, 5.74) is 1.07. The zero-order valence-electron chi connectivity index (χ0n) is 10.7. The van der Waals surface area contributed by atoms with E-state index >= 15 is 0 Å². The van der Waals surface area contributed by atoms with Gasteiger partial charge in [-0.3, -0.25) is 14.7 Å². The van der Waals surface area contributed by atoms with Gasteiger partial charge in [-0.1, -0.05) is 17.8 Å². The second kappa shape index (κ2) is 6.71. The van der Waals surface area contributed by atoms with E-state index in [1.807, 2.05) is 0 Å². The molecule has 0 fully saturated rings. The summed E-state index contributed by atoms with van der Waals surface area (Å²) < 4.78 is 0. The Morgan fingerprint density at radius 1 is 1.40 bits per heavy atom. The number of anilines is 1. The summed E-state index contributed by atoms with van der Waals surface area (Å²) in [7, 11) is 1.56. The fourth-order valence-corrected chi connectivity index (χ4v) is 2.06. The summed E-state index contributed by atoms with van der Waals surface area (Å²) in [4.78, 5) is 27.2. The van der Waals surface area contributed by atoms with Crippen LogP contribution in [-0.2, 0) is 4.79 Å². The monoisotopic (exact) mass is 291 g/mol. The molecule has 0 aliphatic rings. The molecule has 0 spiro atoms. The Balaban J connectivity index is 1.92. The summed E-state index contributed by atoms with van der Waals surface area (Å²) in [5, 5.41) is 12.2. The number of aromatic amines is 1. The van der Waals surface area contributed by atoms with Crippen molar-refractivity contribution >= 4 is 29.3 Å². The minimum absolute atomic E-state index is 0.180. The molecule has 0 saturated carbocycles. The summed E-state index contributed by atoms with van der Waals surface area (Å²) in [6.07, 6.45) is 1.38. The average Bonchev–Trinajstić information content (AvgIpc) is 2.98. The van der Waals surface area contributed by atoms with E-state index in [2.05, 4.69) is 25.8 Å². The molecule has 20 heavy (non-hydrogen) atoms. The normalized spacial score (nSPS) is 10.1. The SMILES string of the molecule is CNC(=O)c1cccc(NC(=O)CSc2ncn[nH]2)c1. The number of amides is 2. The third-order valence-corrected chi connectivity index (χ3v) is 3.25. The van der Waals surface area contributed by atoms with E-state index in [4.69, 9.17) is 0 Å². The third kappa shape index (κ3) is 3.82. The molecule has 7 nitrogen and oxygen atoms in total. The molecule has 0 saturated heterocycles. The molecule has 104 valence electrons. The van der Waals surface area contributed by atoms with E-state index in [1.54, 1.807) is 31.3 Å². The predicted octanol–water partition coefficient (Wildman–Crippen LogP) is 0.895. The number of hydrogen-bond donors (Lipinski definition) is 3. The van der Waals surface area contributed by atoms with Crippen molar-refractivity contribution in [2.24, 2.45) is 0 Å². The van der Waals surface area contributed by atoms with E-state index in [-0.39, 0.29) is 17.6 Å². The number of hydrogen-bond acceptors (Lipinski definition) is 5. The van der Waals surface area contributed by atoms with Crippen LogP contribution in [0.5, 0.6) is 0 Å². The number of aromatic nitrogens is 3. The van der Waals surface area contributed by atoms with Gasteiger partial charge in [-0.25, -0.2) is 4.98 Å². The largest absolute Gasteiger partial charge is 0.355 e. The van der Waals surface area contributed by atoms with Crippen LogP contribution in [0.15, 0.2) is 35.7 Å². The highest BCUT2D eigenvalue weighted by Gasteiger charge is 2.07. The zero-order chi connectivity index (χ0) is 14.4. The number of H-pyrrole nitrogens is 1. The standard InChI is InChI=1S/C12H13N5O2S/c1-13-11(19)8-3-2-4-9(5-8)16-10(18)6-20-12-14-7-15-17-12/h2-5,7H,6H2,1H3,(H,13,19)(H,16,18)(H,14,15,17). The molecular weight excluding hydrogens is 278 g/mol. The zero-order valence-corrected chi connectivity index (χ0v) is 11.5. The van der Waals surface area contributed by atoms with Gasteiger partial charge in [0.2, 0.25) is 5.91 Å². The Kier molecular flexibility index (Phi) is 4.72. The number of nitrogens with one attached hydrogen (secondary N) is 3. The fraction of sp³-hybridized carbons (Fsp3) is 0.167. The molecule has 2 rings (SSSR count). The molecule has 2 aromatic rings. The van der Waals surface area contributed by atoms with Crippen molar-refractivity contribution in [3.63, 3.8) is 0 Å². The molecule has 0 aliphatic heterocycles. The Hall–Kier alpha value is -2.35. The molecule has 3 N–H and O–H groups in total. The second-order valence-corrected chi connectivity index (χ2v) is 4.75. The maximum Gasteiger partial charge on any atom is 0.251 e. The minimum atomic E-state index is -0.197. The first-order chi connectivity index (χ1) is 9.69. The Morgan fingerprint density at radius 2 is 2.25 bits per heavy atom. The second-order valence-electron chi connectivity index (χ2n) is 3.79. The number of carbonyl (C=O) groups is 2. The van der Waals surface area contributed by atoms with Crippen LogP contribution in [0.25, 0.3) is 0 Å². The van der Waals surface area contributed by atoms with Crippen molar-refractivity contribution in [2.75, 3.05) is 18.1 Å². The average molecular weight is 291 g/mol.